The fourth-order valence-corrected chi connectivity index (χ4v) is 4.95. The van der Waals surface area contributed by atoms with Gasteiger partial charge in [-0.25, -0.2) is 8.42 Å². The molecule has 1 amide bonds. The van der Waals surface area contributed by atoms with E-state index in [1.165, 1.54) is 5.56 Å². The number of rotatable bonds is 9. The molecule has 3 rings (SSSR count). The van der Waals surface area contributed by atoms with Gasteiger partial charge in [0.1, 0.15) is 6.04 Å². The number of sulfonamides is 1. The molecule has 0 radical (unpaired) electrons. The lowest BCUT2D eigenvalue weighted by Crippen LogP contribution is -2.49. The van der Waals surface area contributed by atoms with Gasteiger partial charge in [0.15, 0.2) is 0 Å². The van der Waals surface area contributed by atoms with E-state index in [4.69, 9.17) is 0 Å². The van der Waals surface area contributed by atoms with Gasteiger partial charge >= 0.3 is 0 Å². The highest BCUT2D eigenvalue weighted by Crippen LogP contribution is 2.20. The van der Waals surface area contributed by atoms with Crippen LogP contribution < -0.4 is 10.0 Å². The van der Waals surface area contributed by atoms with Crippen LogP contribution >= 0.6 is 0 Å². The van der Waals surface area contributed by atoms with E-state index in [9.17, 15) is 13.2 Å². The first kappa shape index (κ1) is 24.0. The van der Waals surface area contributed by atoms with Crippen molar-refractivity contribution in [1.29, 1.82) is 0 Å². The number of fused-ring (bicyclic) bond motifs is 1. The maximum absolute atomic E-state index is 13.0. The molecule has 0 unspecified atom stereocenters. The molecular formula is C26H32N2O3S. The highest BCUT2D eigenvalue weighted by Gasteiger charge is 2.28. The van der Waals surface area contributed by atoms with Gasteiger partial charge in [-0.3, -0.25) is 4.79 Å². The predicted octanol–water partition coefficient (Wildman–Crippen LogP) is 4.63. The zero-order valence-electron chi connectivity index (χ0n) is 19.1. The number of hydrogen-bond donors (Lipinski definition) is 2. The summed E-state index contributed by atoms with van der Waals surface area (Å²) in [6, 6.07) is 20.1. The van der Waals surface area contributed by atoms with E-state index in [0.29, 0.717) is 18.9 Å². The van der Waals surface area contributed by atoms with E-state index < -0.39 is 16.1 Å². The van der Waals surface area contributed by atoms with Crippen LogP contribution in [0.2, 0.25) is 0 Å². The summed E-state index contributed by atoms with van der Waals surface area (Å²) in [5, 5.41) is 4.69. The second kappa shape index (κ2) is 10.3. The van der Waals surface area contributed by atoms with Crippen LogP contribution in [-0.2, 0) is 21.2 Å². The summed E-state index contributed by atoms with van der Waals surface area (Å²) in [5.74, 6) is -0.0371. The van der Waals surface area contributed by atoms with Crippen LogP contribution in [0.3, 0.4) is 0 Å². The molecule has 6 heteroatoms. The van der Waals surface area contributed by atoms with Gasteiger partial charge in [0.05, 0.1) is 4.90 Å². The summed E-state index contributed by atoms with van der Waals surface area (Å²) in [4.78, 5) is 13.0. The zero-order chi connectivity index (χ0) is 23.3. The number of hydrogen-bond acceptors (Lipinski definition) is 3. The Labute approximate surface area is 191 Å². The Morgan fingerprint density at radius 2 is 1.53 bits per heavy atom. The first-order valence-corrected chi connectivity index (χ1v) is 12.5. The molecule has 0 heterocycles. The normalized spacial score (nSPS) is 12.9. The van der Waals surface area contributed by atoms with Crippen LogP contribution in [0.4, 0.5) is 0 Å². The van der Waals surface area contributed by atoms with Crippen molar-refractivity contribution < 1.29 is 13.2 Å². The molecule has 2 N–H and O–H groups in total. The van der Waals surface area contributed by atoms with Gasteiger partial charge in [0, 0.05) is 6.54 Å². The van der Waals surface area contributed by atoms with Crippen LogP contribution in [0.5, 0.6) is 0 Å². The summed E-state index contributed by atoms with van der Waals surface area (Å²) in [6.07, 6.45) is 0.687. The molecule has 3 aromatic rings. The van der Waals surface area contributed by atoms with E-state index in [1.54, 1.807) is 18.2 Å². The molecule has 5 nitrogen and oxygen atoms in total. The van der Waals surface area contributed by atoms with Crippen LogP contribution in [0.1, 0.15) is 44.7 Å². The van der Waals surface area contributed by atoms with Crippen molar-refractivity contribution in [3.8, 4) is 0 Å². The molecule has 0 spiro atoms. The number of carbonyl (C=O) groups excluding carboxylic acids is 1. The molecule has 1 atom stereocenters. The molecule has 0 aliphatic carbocycles. The summed E-state index contributed by atoms with van der Waals surface area (Å²) in [6.45, 7) is 8.41. The van der Waals surface area contributed by atoms with Crippen LogP contribution in [0.25, 0.3) is 10.8 Å². The molecule has 0 aliphatic rings. The lowest BCUT2D eigenvalue weighted by Gasteiger charge is -2.22. The summed E-state index contributed by atoms with van der Waals surface area (Å²) in [7, 11) is -3.84. The van der Waals surface area contributed by atoms with E-state index in [-0.39, 0.29) is 16.7 Å². The third-order valence-electron chi connectivity index (χ3n) is 5.62. The first-order chi connectivity index (χ1) is 15.2. The lowest BCUT2D eigenvalue weighted by atomic mass is 10.0. The number of nitrogens with one attached hydrogen (secondary N) is 2. The summed E-state index contributed by atoms with van der Waals surface area (Å²) in [5.41, 5.74) is 2.41. The molecule has 0 aromatic heterocycles. The molecule has 0 saturated carbocycles. The minimum Gasteiger partial charge on any atom is -0.354 e. The van der Waals surface area contributed by atoms with Crippen molar-refractivity contribution in [1.82, 2.24) is 10.0 Å². The Balaban J connectivity index is 1.65. The Bertz CT molecular complexity index is 1170. The number of benzene rings is 3. The maximum Gasteiger partial charge on any atom is 0.241 e. The molecule has 0 bridgehead atoms. The Kier molecular flexibility index (Phi) is 7.69. The van der Waals surface area contributed by atoms with Crippen molar-refractivity contribution in [3.05, 3.63) is 77.9 Å². The van der Waals surface area contributed by atoms with Gasteiger partial charge < -0.3 is 5.32 Å². The lowest BCUT2D eigenvalue weighted by molar-refractivity contribution is -0.123. The Morgan fingerprint density at radius 1 is 0.875 bits per heavy atom. The number of amides is 1. The predicted molar refractivity (Wildman–Crippen MR) is 130 cm³/mol. The van der Waals surface area contributed by atoms with Crippen molar-refractivity contribution in [2.24, 2.45) is 5.92 Å². The quantitative estimate of drug-likeness (QED) is 0.497. The summed E-state index contributed by atoms with van der Waals surface area (Å²) >= 11 is 0. The van der Waals surface area contributed by atoms with Crippen molar-refractivity contribution >= 4 is 26.7 Å². The molecule has 0 aliphatic heterocycles. The molecule has 0 fully saturated rings. The standard InChI is InChI=1S/C26H32N2O3S/c1-18(2)21-11-9-20(10-12-21)15-16-27-26(29)25(19(3)4)28-32(30,31)24-14-13-22-7-5-6-8-23(22)17-24/h5-14,17-19,25,28H,15-16H2,1-4H3,(H,27,29)/t25-/m1/s1. The largest absolute Gasteiger partial charge is 0.354 e. The minimum absolute atomic E-state index is 0.153. The fraction of sp³-hybridized carbons (Fsp3) is 0.346. The van der Waals surface area contributed by atoms with Gasteiger partial charge in [-0.1, -0.05) is 82.3 Å². The van der Waals surface area contributed by atoms with Gasteiger partial charge in [-0.2, -0.15) is 4.72 Å². The SMILES string of the molecule is CC(C)c1ccc(CCNC(=O)[C@H](NS(=O)(=O)c2ccc3ccccc3c2)C(C)C)cc1. The average Bonchev–Trinajstić information content (AvgIpc) is 2.77. The Hall–Kier alpha value is -2.70. The summed E-state index contributed by atoms with van der Waals surface area (Å²) < 4.78 is 28.6. The highest BCUT2D eigenvalue weighted by molar-refractivity contribution is 7.89. The van der Waals surface area contributed by atoms with Crippen molar-refractivity contribution in [2.75, 3.05) is 6.54 Å². The molecule has 170 valence electrons. The van der Waals surface area contributed by atoms with Gasteiger partial charge in [0.25, 0.3) is 0 Å². The molecule has 0 saturated heterocycles. The second-order valence-corrected chi connectivity index (χ2v) is 10.5. The van der Waals surface area contributed by atoms with E-state index in [1.807, 2.05) is 38.1 Å². The van der Waals surface area contributed by atoms with E-state index >= 15 is 0 Å². The average molecular weight is 453 g/mol. The third-order valence-corrected chi connectivity index (χ3v) is 7.06. The third kappa shape index (κ3) is 5.96. The maximum atomic E-state index is 13.0. The second-order valence-electron chi connectivity index (χ2n) is 8.79. The fourth-order valence-electron chi connectivity index (χ4n) is 3.57. The monoisotopic (exact) mass is 452 g/mol. The van der Waals surface area contributed by atoms with Gasteiger partial charge in [-0.15, -0.1) is 0 Å². The number of carbonyl (C=O) groups is 1. The van der Waals surface area contributed by atoms with E-state index in [2.05, 4.69) is 48.2 Å². The molecule has 3 aromatic carbocycles. The topological polar surface area (TPSA) is 75.3 Å². The first-order valence-electron chi connectivity index (χ1n) is 11.0. The van der Waals surface area contributed by atoms with Gasteiger partial charge in [0.2, 0.25) is 15.9 Å². The van der Waals surface area contributed by atoms with Crippen LogP contribution in [0, 0.1) is 5.92 Å². The smallest absolute Gasteiger partial charge is 0.241 e. The zero-order valence-corrected chi connectivity index (χ0v) is 19.9. The van der Waals surface area contributed by atoms with Crippen LogP contribution in [-0.4, -0.2) is 26.9 Å². The molecular weight excluding hydrogens is 420 g/mol. The van der Waals surface area contributed by atoms with Crippen molar-refractivity contribution in [2.45, 2.75) is 51.0 Å². The van der Waals surface area contributed by atoms with Crippen molar-refractivity contribution in [3.63, 3.8) is 0 Å². The van der Waals surface area contributed by atoms with Gasteiger partial charge in [-0.05, 0) is 52.3 Å². The Morgan fingerprint density at radius 3 is 2.16 bits per heavy atom. The van der Waals surface area contributed by atoms with Crippen LogP contribution in [0.15, 0.2) is 71.6 Å². The molecule has 32 heavy (non-hydrogen) atoms. The minimum atomic E-state index is -3.84. The van der Waals surface area contributed by atoms with E-state index in [0.717, 1.165) is 16.3 Å². The highest BCUT2D eigenvalue weighted by atomic mass is 32.2.